The summed E-state index contributed by atoms with van der Waals surface area (Å²) < 4.78 is 5.39. The molecule has 0 aromatic heterocycles. The molecule has 0 aliphatic heterocycles. The Morgan fingerprint density at radius 3 is 1.46 bits per heavy atom. The summed E-state index contributed by atoms with van der Waals surface area (Å²) >= 11 is 0. The molecule has 0 heterocycles. The minimum Gasteiger partial charge on any atom is -0.497 e. The number of rotatable bonds is 7. The normalized spacial score (nSPS) is 11.5. The van der Waals surface area contributed by atoms with Crippen LogP contribution in [0.15, 0.2) is 84.9 Å². The zero-order valence-corrected chi connectivity index (χ0v) is 15.9. The molecule has 0 N–H and O–H groups in total. The number of hydrogen-bond donors (Lipinski definition) is 0. The Kier molecular flexibility index (Phi) is 5.75. The van der Waals surface area contributed by atoms with Crippen LogP contribution < -0.4 is 4.74 Å². The maximum atomic E-state index is 5.39. The summed E-state index contributed by atoms with van der Waals surface area (Å²) in [4.78, 5) is 2.53. The third-order valence-corrected chi connectivity index (χ3v) is 5.13. The molecule has 0 atom stereocenters. The topological polar surface area (TPSA) is 12.5 Å². The Bertz CT molecular complexity index is 753. The van der Waals surface area contributed by atoms with Crippen LogP contribution in [0.3, 0.4) is 0 Å². The molecular weight excluding hydrogens is 318 g/mol. The Morgan fingerprint density at radius 1 is 0.654 bits per heavy atom. The average Bonchev–Trinajstić information content (AvgIpc) is 2.73. The molecule has 0 amide bonds. The van der Waals surface area contributed by atoms with Gasteiger partial charge in [0.15, 0.2) is 0 Å². The largest absolute Gasteiger partial charge is 0.497 e. The van der Waals surface area contributed by atoms with Crippen LogP contribution in [-0.4, -0.2) is 25.1 Å². The van der Waals surface area contributed by atoms with E-state index in [1.165, 1.54) is 16.7 Å². The second-order valence-electron chi connectivity index (χ2n) is 6.34. The summed E-state index contributed by atoms with van der Waals surface area (Å²) in [5.41, 5.74) is 3.47. The summed E-state index contributed by atoms with van der Waals surface area (Å²) in [7, 11) is 1.71. The SMILES string of the molecule is CCN(CC)C(c1ccccc1)(c1ccccc1)c1ccc(OC)cc1. The molecule has 0 radical (unpaired) electrons. The first-order chi connectivity index (χ1) is 12.8. The van der Waals surface area contributed by atoms with Gasteiger partial charge in [-0.25, -0.2) is 0 Å². The molecule has 0 bridgehead atoms. The highest BCUT2D eigenvalue weighted by molar-refractivity contribution is 5.50. The summed E-state index contributed by atoms with van der Waals surface area (Å²) in [6.45, 7) is 6.36. The second-order valence-corrected chi connectivity index (χ2v) is 6.34. The fourth-order valence-electron chi connectivity index (χ4n) is 3.94. The highest BCUT2D eigenvalue weighted by atomic mass is 16.5. The van der Waals surface area contributed by atoms with Crippen molar-refractivity contribution in [2.75, 3.05) is 20.2 Å². The first-order valence-electron chi connectivity index (χ1n) is 9.28. The van der Waals surface area contributed by atoms with E-state index in [0.29, 0.717) is 0 Å². The quantitative estimate of drug-likeness (QED) is 0.537. The molecule has 0 saturated carbocycles. The lowest BCUT2D eigenvalue weighted by Crippen LogP contribution is -2.48. The molecule has 0 fully saturated rings. The lowest BCUT2D eigenvalue weighted by atomic mass is 9.75. The summed E-state index contributed by atoms with van der Waals surface area (Å²) in [5, 5.41) is 0. The van der Waals surface area contributed by atoms with E-state index in [1.54, 1.807) is 7.11 Å². The third-order valence-electron chi connectivity index (χ3n) is 5.13. The van der Waals surface area contributed by atoms with E-state index in [1.807, 2.05) is 0 Å². The van der Waals surface area contributed by atoms with E-state index in [-0.39, 0.29) is 5.54 Å². The van der Waals surface area contributed by atoms with E-state index >= 15 is 0 Å². The van der Waals surface area contributed by atoms with Gasteiger partial charge in [-0.2, -0.15) is 0 Å². The van der Waals surface area contributed by atoms with Gasteiger partial charge in [-0.15, -0.1) is 0 Å². The highest BCUT2D eigenvalue weighted by Gasteiger charge is 2.40. The van der Waals surface area contributed by atoms with Crippen molar-refractivity contribution in [2.45, 2.75) is 19.4 Å². The van der Waals surface area contributed by atoms with Gasteiger partial charge in [0.25, 0.3) is 0 Å². The van der Waals surface area contributed by atoms with E-state index in [4.69, 9.17) is 4.74 Å². The molecule has 26 heavy (non-hydrogen) atoms. The zero-order chi connectivity index (χ0) is 18.4. The molecule has 3 aromatic carbocycles. The number of benzene rings is 3. The summed E-state index contributed by atoms with van der Waals surface area (Å²) in [6, 6.07) is 30.1. The van der Waals surface area contributed by atoms with Crippen LogP contribution >= 0.6 is 0 Å². The average molecular weight is 345 g/mol. The van der Waals surface area contributed by atoms with Crippen molar-refractivity contribution >= 4 is 0 Å². The Labute approximate surface area is 157 Å². The van der Waals surface area contributed by atoms with Crippen molar-refractivity contribution in [1.82, 2.24) is 4.90 Å². The van der Waals surface area contributed by atoms with Gasteiger partial charge in [0, 0.05) is 0 Å². The highest BCUT2D eigenvalue weighted by Crippen LogP contribution is 2.42. The van der Waals surface area contributed by atoms with Gasteiger partial charge in [0.2, 0.25) is 0 Å². The molecule has 0 aliphatic rings. The number of ether oxygens (including phenoxy) is 1. The van der Waals surface area contributed by atoms with Gasteiger partial charge in [0.1, 0.15) is 5.75 Å². The predicted molar refractivity (Wildman–Crippen MR) is 109 cm³/mol. The fourth-order valence-corrected chi connectivity index (χ4v) is 3.94. The van der Waals surface area contributed by atoms with Crippen LogP contribution in [0.1, 0.15) is 30.5 Å². The molecule has 3 aromatic rings. The monoisotopic (exact) mass is 345 g/mol. The van der Waals surface area contributed by atoms with Crippen LogP contribution in [0.4, 0.5) is 0 Å². The predicted octanol–water partition coefficient (Wildman–Crippen LogP) is 5.33. The molecule has 0 aliphatic carbocycles. The Balaban J connectivity index is 2.34. The van der Waals surface area contributed by atoms with Crippen molar-refractivity contribution in [1.29, 1.82) is 0 Å². The maximum absolute atomic E-state index is 5.39. The second kappa shape index (κ2) is 8.20. The summed E-state index contributed by atoms with van der Waals surface area (Å²) in [6.07, 6.45) is 0. The standard InChI is InChI=1S/C24H27NO/c1-4-25(5-2)24(20-12-8-6-9-13-20,21-14-10-7-11-15-21)22-16-18-23(26-3)19-17-22/h6-19H,4-5H2,1-3H3. The van der Waals surface area contributed by atoms with Gasteiger partial charge in [-0.1, -0.05) is 86.6 Å². The van der Waals surface area contributed by atoms with Crippen molar-refractivity contribution in [3.05, 3.63) is 102 Å². The minimum absolute atomic E-state index is 0.335. The third kappa shape index (κ3) is 3.13. The van der Waals surface area contributed by atoms with Gasteiger partial charge in [-0.05, 0) is 41.9 Å². The van der Waals surface area contributed by atoms with Crippen molar-refractivity contribution in [3.63, 3.8) is 0 Å². The number of hydrogen-bond acceptors (Lipinski definition) is 2. The van der Waals surface area contributed by atoms with E-state index in [2.05, 4.69) is 104 Å². The van der Waals surface area contributed by atoms with Crippen LogP contribution in [0.2, 0.25) is 0 Å². The number of methoxy groups -OCH3 is 1. The molecule has 3 rings (SSSR count). The fraction of sp³-hybridized carbons (Fsp3) is 0.250. The van der Waals surface area contributed by atoms with E-state index < -0.39 is 0 Å². The van der Waals surface area contributed by atoms with Crippen molar-refractivity contribution < 1.29 is 4.74 Å². The molecule has 0 spiro atoms. The van der Waals surface area contributed by atoms with E-state index in [9.17, 15) is 0 Å². The number of nitrogens with zero attached hydrogens (tertiary/aromatic N) is 1. The molecular formula is C24H27NO. The molecule has 0 saturated heterocycles. The first kappa shape index (κ1) is 18.2. The lowest BCUT2D eigenvalue weighted by Gasteiger charge is -2.45. The molecule has 2 heteroatoms. The molecule has 0 unspecified atom stereocenters. The van der Waals surface area contributed by atoms with Crippen LogP contribution in [0, 0.1) is 0 Å². The minimum atomic E-state index is -0.335. The van der Waals surface area contributed by atoms with E-state index in [0.717, 1.165) is 18.8 Å². The summed E-state index contributed by atoms with van der Waals surface area (Å²) in [5.74, 6) is 0.878. The van der Waals surface area contributed by atoms with Gasteiger partial charge in [-0.3, -0.25) is 4.90 Å². The first-order valence-corrected chi connectivity index (χ1v) is 9.28. The lowest BCUT2D eigenvalue weighted by molar-refractivity contribution is 0.175. The molecule has 134 valence electrons. The van der Waals surface area contributed by atoms with Crippen LogP contribution in [0.25, 0.3) is 0 Å². The van der Waals surface area contributed by atoms with Crippen LogP contribution in [-0.2, 0) is 5.54 Å². The van der Waals surface area contributed by atoms with Crippen molar-refractivity contribution in [3.8, 4) is 5.75 Å². The zero-order valence-electron chi connectivity index (χ0n) is 15.9. The van der Waals surface area contributed by atoms with Gasteiger partial charge < -0.3 is 4.74 Å². The Hall–Kier alpha value is -2.58. The Morgan fingerprint density at radius 2 is 1.08 bits per heavy atom. The van der Waals surface area contributed by atoms with Gasteiger partial charge in [0.05, 0.1) is 12.6 Å². The maximum Gasteiger partial charge on any atom is 0.118 e. The van der Waals surface area contributed by atoms with Gasteiger partial charge >= 0.3 is 0 Å². The van der Waals surface area contributed by atoms with Crippen LogP contribution in [0.5, 0.6) is 5.75 Å². The smallest absolute Gasteiger partial charge is 0.118 e. The van der Waals surface area contributed by atoms with Crippen molar-refractivity contribution in [2.24, 2.45) is 0 Å². The molecule has 2 nitrogen and oxygen atoms in total.